The molecule has 0 radical (unpaired) electrons. The molecule has 1 unspecified atom stereocenters. The standard InChI is InChI=1S/C23H23ClF5N3O3/c1-12(23(27,28)29)35-20-10-19(30-13(2)32-8-4-5-14(32)11-33)18(26)9-15(20)22(34)31-21-16(24)6-3-7-17(21)25/h3,6-7,9-10,12,14,30,33H,2,4-5,8,11H2,1H3,(H,31,34)/t12-,14?/m0/s1. The van der Waals surface area contributed by atoms with Crippen LogP contribution < -0.4 is 15.4 Å². The number of nitrogens with zero attached hydrogens (tertiary/aromatic N) is 1. The van der Waals surface area contributed by atoms with Crippen molar-refractivity contribution >= 4 is 28.9 Å². The van der Waals surface area contributed by atoms with Crippen molar-refractivity contribution in [1.82, 2.24) is 4.90 Å². The summed E-state index contributed by atoms with van der Waals surface area (Å²) in [6.45, 7) is 4.92. The van der Waals surface area contributed by atoms with E-state index in [9.17, 15) is 31.9 Å². The Bertz CT molecular complexity index is 1090. The number of carbonyl (C=O) groups excluding carboxylic acids is 1. The highest BCUT2D eigenvalue weighted by Gasteiger charge is 2.39. The number of nitrogens with one attached hydrogen (secondary N) is 2. The lowest BCUT2D eigenvalue weighted by molar-refractivity contribution is -0.189. The Morgan fingerprint density at radius 2 is 2.00 bits per heavy atom. The molecule has 3 rings (SSSR count). The molecule has 1 aliphatic rings. The topological polar surface area (TPSA) is 73.8 Å². The Labute approximate surface area is 203 Å². The first-order valence-corrected chi connectivity index (χ1v) is 11.0. The van der Waals surface area contributed by atoms with Crippen molar-refractivity contribution in [2.75, 3.05) is 23.8 Å². The average Bonchev–Trinajstić information content (AvgIpc) is 3.26. The third-order valence-corrected chi connectivity index (χ3v) is 5.81. The highest BCUT2D eigenvalue weighted by molar-refractivity contribution is 6.34. The predicted octanol–water partition coefficient (Wildman–Crippen LogP) is 5.54. The van der Waals surface area contributed by atoms with Crippen LogP contribution in [0, 0.1) is 11.6 Å². The molecule has 6 nitrogen and oxygen atoms in total. The minimum Gasteiger partial charge on any atom is -0.480 e. The van der Waals surface area contributed by atoms with Crippen molar-refractivity contribution in [2.24, 2.45) is 0 Å². The quantitative estimate of drug-likeness (QED) is 0.399. The van der Waals surface area contributed by atoms with E-state index in [4.69, 9.17) is 16.3 Å². The first kappa shape index (κ1) is 26.6. The number of halogens is 6. The molecule has 0 saturated carbocycles. The van der Waals surface area contributed by atoms with Crippen molar-refractivity contribution in [3.05, 3.63) is 65.0 Å². The van der Waals surface area contributed by atoms with Gasteiger partial charge in [-0.2, -0.15) is 13.2 Å². The van der Waals surface area contributed by atoms with Gasteiger partial charge in [-0.05, 0) is 38.0 Å². The van der Waals surface area contributed by atoms with E-state index in [0.717, 1.165) is 25.5 Å². The van der Waals surface area contributed by atoms with Crippen LogP contribution in [0.5, 0.6) is 5.75 Å². The summed E-state index contributed by atoms with van der Waals surface area (Å²) in [5.41, 5.74) is -1.33. The fourth-order valence-corrected chi connectivity index (χ4v) is 3.80. The zero-order valence-electron chi connectivity index (χ0n) is 18.6. The number of carbonyl (C=O) groups is 1. The normalized spacial score (nSPS) is 16.7. The Morgan fingerprint density at radius 1 is 1.29 bits per heavy atom. The van der Waals surface area contributed by atoms with Crippen LogP contribution in [0.3, 0.4) is 0 Å². The second-order valence-electron chi connectivity index (χ2n) is 7.92. The molecule has 2 atom stereocenters. The molecule has 3 N–H and O–H groups in total. The molecule has 190 valence electrons. The molecule has 12 heteroatoms. The van der Waals surface area contributed by atoms with E-state index < -0.39 is 46.8 Å². The number of amides is 1. The number of anilines is 2. The summed E-state index contributed by atoms with van der Waals surface area (Å²) in [5, 5.41) is 14.1. The molecular formula is C23H23ClF5N3O3. The maximum absolute atomic E-state index is 15.0. The summed E-state index contributed by atoms with van der Waals surface area (Å²) in [6.07, 6.45) is -5.67. The number of likely N-dealkylation sites (tertiary alicyclic amines) is 1. The number of aliphatic hydroxyl groups excluding tert-OH is 1. The molecule has 0 aliphatic carbocycles. The monoisotopic (exact) mass is 519 g/mol. The van der Waals surface area contributed by atoms with Crippen LogP contribution >= 0.6 is 11.6 Å². The number of alkyl halides is 3. The molecule has 1 amide bonds. The summed E-state index contributed by atoms with van der Waals surface area (Å²) in [7, 11) is 0. The fourth-order valence-electron chi connectivity index (χ4n) is 3.59. The van der Waals surface area contributed by atoms with Crippen molar-refractivity contribution < 1.29 is 36.6 Å². The number of para-hydroxylation sites is 1. The molecule has 1 aliphatic heterocycles. The van der Waals surface area contributed by atoms with Crippen LogP contribution in [-0.2, 0) is 0 Å². The number of aliphatic hydroxyl groups is 1. The van der Waals surface area contributed by atoms with Crippen molar-refractivity contribution in [1.29, 1.82) is 0 Å². The van der Waals surface area contributed by atoms with Crippen LogP contribution in [-0.4, -0.2) is 47.4 Å². The SMILES string of the molecule is C=C(Nc1cc(O[C@@H](C)C(F)(F)F)c(C(=O)Nc2c(F)cccc2Cl)cc1F)N1CCCC1CO. The summed E-state index contributed by atoms with van der Waals surface area (Å²) in [4.78, 5) is 14.5. The van der Waals surface area contributed by atoms with Gasteiger partial charge in [0.15, 0.2) is 6.10 Å². The van der Waals surface area contributed by atoms with Crippen LogP contribution in [0.2, 0.25) is 5.02 Å². The highest BCUT2D eigenvalue weighted by Crippen LogP contribution is 2.34. The van der Waals surface area contributed by atoms with Gasteiger partial charge >= 0.3 is 6.18 Å². The van der Waals surface area contributed by atoms with Gasteiger partial charge in [-0.3, -0.25) is 4.79 Å². The van der Waals surface area contributed by atoms with Crippen LogP contribution in [0.15, 0.2) is 42.7 Å². The summed E-state index contributed by atoms with van der Waals surface area (Å²) in [6, 6.07) is 4.93. The maximum atomic E-state index is 15.0. The van der Waals surface area contributed by atoms with Gasteiger partial charge in [0.25, 0.3) is 5.91 Å². The zero-order valence-corrected chi connectivity index (χ0v) is 19.3. The lowest BCUT2D eigenvalue weighted by atomic mass is 10.1. The molecule has 1 heterocycles. The Hall–Kier alpha value is -3.05. The number of hydrogen-bond acceptors (Lipinski definition) is 5. The van der Waals surface area contributed by atoms with Gasteiger partial charge in [0.1, 0.15) is 17.4 Å². The third-order valence-electron chi connectivity index (χ3n) is 5.49. The molecule has 35 heavy (non-hydrogen) atoms. The average molecular weight is 520 g/mol. The molecule has 2 aromatic carbocycles. The van der Waals surface area contributed by atoms with Gasteiger partial charge in [0, 0.05) is 12.6 Å². The van der Waals surface area contributed by atoms with E-state index in [-0.39, 0.29) is 29.2 Å². The van der Waals surface area contributed by atoms with Gasteiger partial charge < -0.3 is 25.4 Å². The lowest BCUT2D eigenvalue weighted by Gasteiger charge is -2.28. The van der Waals surface area contributed by atoms with Crippen molar-refractivity contribution in [3.63, 3.8) is 0 Å². The second-order valence-corrected chi connectivity index (χ2v) is 8.33. The molecule has 0 bridgehead atoms. The van der Waals surface area contributed by atoms with Gasteiger partial charge in [0.05, 0.1) is 40.4 Å². The molecule has 1 saturated heterocycles. The predicted molar refractivity (Wildman–Crippen MR) is 121 cm³/mol. The fraction of sp³-hybridized carbons (Fsp3) is 0.348. The smallest absolute Gasteiger partial charge is 0.425 e. The maximum Gasteiger partial charge on any atom is 0.425 e. The minimum absolute atomic E-state index is 0.154. The Morgan fingerprint density at radius 3 is 2.63 bits per heavy atom. The largest absolute Gasteiger partial charge is 0.480 e. The van der Waals surface area contributed by atoms with Gasteiger partial charge in [0.2, 0.25) is 0 Å². The van der Waals surface area contributed by atoms with Crippen molar-refractivity contribution in [2.45, 2.75) is 38.1 Å². The van der Waals surface area contributed by atoms with E-state index in [1.165, 1.54) is 12.1 Å². The lowest BCUT2D eigenvalue weighted by Crippen LogP contribution is -2.34. The summed E-state index contributed by atoms with van der Waals surface area (Å²) >= 11 is 5.89. The number of hydrogen-bond donors (Lipinski definition) is 3. The van der Waals surface area contributed by atoms with E-state index in [1.54, 1.807) is 4.90 Å². The minimum atomic E-state index is -4.78. The van der Waals surface area contributed by atoms with Gasteiger partial charge in [-0.15, -0.1) is 0 Å². The number of rotatable bonds is 8. The molecule has 0 spiro atoms. The first-order valence-electron chi connectivity index (χ1n) is 10.6. The van der Waals surface area contributed by atoms with Gasteiger partial charge in [-0.25, -0.2) is 8.78 Å². The Balaban J connectivity index is 1.95. The van der Waals surface area contributed by atoms with Crippen LogP contribution in [0.4, 0.5) is 33.3 Å². The highest BCUT2D eigenvalue weighted by atomic mass is 35.5. The zero-order chi connectivity index (χ0) is 25.9. The van der Waals surface area contributed by atoms with E-state index in [2.05, 4.69) is 17.2 Å². The van der Waals surface area contributed by atoms with E-state index in [1.807, 2.05) is 0 Å². The third kappa shape index (κ3) is 6.15. The molecule has 0 aromatic heterocycles. The Kier molecular flexibility index (Phi) is 8.11. The van der Waals surface area contributed by atoms with Crippen molar-refractivity contribution in [3.8, 4) is 5.75 Å². The second kappa shape index (κ2) is 10.7. The van der Waals surface area contributed by atoms with Crippen LogP contribution in [0.1, 0.15) is 30.1 Å². The first-order chi connectivity index (χ1) is 16.4. The summed E-state index contributed by atoms with van der Waals surface area (Å²) < 4.78 is 73.5. The van der Waals surface area contributed by atoms with E-state index >= 15 is 0 Å². The summed E-state index contributed by atoms with van der Waals surface area (Å²) in [5.74, 6) is -3.41. The van der Waals surface area contributed by atoms with Gasteiger partial charge in [-0.1, -0.05) is 24.2 Å². The van der Waals surface area contributed by atoms with E-state index in [0.29, 0.717) is 19.0 Å². The van der Waals surface area contributed by atoms with Crippen LogP contribution in [0.25, 0.3) is 0 Å². The number of benzene rings is 2. The molecule has 1 fully saturated rings. The number of ether oxygens (including phenoxy) is 1. The molecular weight excluding hydrogens is 497 g/mol. The molecule has 2 aromatic rings.